The van der Waals surface area contributed by atoms with Crippen LogP contribution in [0.15, 0.2) is 47.7 Å². The number of benzene rings is 1. The number of aromatic nitrogens is 7. The highest BCUT2D eigenvalue weighted by molar-refractivity contribution is 5.99. The molecule has 11 heteroatoms. The summed E-state index contributed by atoms with van der Waals surface area (Å²) in [5.41, 5.74) is 3.53. The molecule has 1 atom stereocenters. The number of fused-ring (bicyclic) bond motifs is 2. The lowest BCUT2D eigenvalue weighted by Gasteiger charge is -2.23. The van der Waals surface area contributed by atoms with Gasteiger partial charge >= 0.3 is 0 Å². The number of aromatic amines is 2. The van der Waals surface area contributed by atoms with E-state index in [9.17, 15) is 9.59 Å². The first-order valence-corrected chi connectivity index (χ1v) is 11.6. The van der Waals surface area contributed by atoms with Gasteiger partial charge in [-0.15, -0.1) is 0 Å². The molecule has 36 heavy (non-hydrogen) atoms. The van der Waals surface area contributed by atoms with Crippen molar-refractivity contribution in [1.82, 2.24) is 39.6 Å². The first kappa shape index (κ1) is 23.2. The van der Waals surface area contributed by atoms with Crippen molar-refractivity contribution in [2.75, 3.05) is 19.4 Å². The molecule has 1 aromatic carbocycles. The van der Waals surface area contributed by atoms with Crippen molar-refractivity contribution >= 4 is 33.7 Å². The highest BCUT2D eigenvalue weighted by Crippen LogP contribution is 2.34. The number of anilines is 1. The van der Waals surface area contributed by atoms with Crippen LogP contribution >= 0.6 is 0 Å². The smallest absolute Gasteiger partial charge is 0.261 e. The van der Waals surface area contributed by atoms with E-state index in [2.05, 4.69) is 49.2 Å². The number of carbonyl (C=O) groups is 1. The molecule has 0 saturated heterocycles. The lowest BCUT2D eigenvalue weighted by atomic mass is 10.0. The zero-order chi connectivity index (χ0) is 25.6. The molecule has 1 unspecified atom stereocenters. The highest BCUT2D eigenvalue weighted by atomic mass is 16.2. The number of rotatable bonds is 6. The van der Waals surface area contributed by atoms with Gasteiger partial charge in [0.25, 0.3) is 11.5 Å². The van der Waals surface area contributed by atoms with Crippen molar-refractivity contribution in [3.05, 3.63) is 64.6 Å². The standard InChI is InChI=1S/C25H27N9O2/c1-13(2)19(23-26-9-6-10-27-23)31-21-18(24(35)30-17-12-34(5)32-20(17)21)22-28-15-8-7-14(11-16(15)29-22)25(36)33(3)4/h6-13,19,31H,1-5H3,(H,28,29)(H,30,35). The third-order valence-corrected chi connectivity index (χ3v) is 5.99. The third kappa shape index (κ3) is 4.08. The Morgan fingerprint density at radius 3 is 2.56 bits per heavy atom. The van der Waals surface area contributed by atoms with E-state index in [1.165, 1.54) is 4.90 Å². The Hall–Kier alpha value is -4.54. The second kappa shape index (κ2) is 8.91. The topological polar surface area (TPSA) is 137 Å². The fourth-order valence-electron chi connectivity index (χ4n) is 4.22. The minimum atomic E-state index is -0.321. The third-order valence-electron chi connectivity index (χ3n) is 5.99. The first-order chi connectivity index (χ1) is 17.2. The molecule has 0 saturated carbocycles. The molecular formula is C25H27N9O2. The largest absolute Gasteiger partial charge is 0.372 e. The summed E-state index contributed by atoms with van der Waals surface area (Å²) >= 11 is 0. The van der Waals surface area contributed by atoms with Gasteiger partial charge in [0.1, 0.15) is 16.9 Å². The Bertz CT molecular complexity index is 1630. The quantitative estimate of drug-likeness (QED) is 0.336. The minimum absolute atomic E-state index is 0.105. The normalized spacial score (nSPS) is 12.4. The van der Waals surface area contributed by atoms with Crippen LogP contribution < -0.4 is 10.9 Å². The molecule has 1 amide bonds. The molecule has 0 fully saturated rings. The Kier molecular flexibility index (Phi) is 5.75. The molecule has 5 rings (SSSR count). The summed E-state index contributed by atoms with van der Waals surface area (Å²) in [7, 11) is 5.20. The first-order valence-electron chi connectivity index (χ1n) is 11.6. The van der Waals surface area contributed by atoms with E-state index < -0.39 is 0 Å². The van der Waals surface area contributed by atoms with E-state index in [-0.39, 0.29) is 23.4 Å². The molecule has 184 valence electrons. The van der Waals surface area contributed by atoms with Crippen molar-refractivity contribution in [3.63, 3.8) is 0 Å². The van der Waals surface area contributed by atoms with Gasteiger partial charge in [0.2, 0.25) is 0 Å². The molecule has 5 aromatic rings. The van der Waals surface area contributed by atoms with Crippen LogP contribution in [0.2, 0.25) is 0 Å². The van der Waals surface area contributed by atoms with Gasteiger partial charge in [-0.1, -0.05) is 13.8 Å². The van der Waals surface area contributed by atoms with Gasteiger partial charge in [-0.25, -0.2) is 15.0 Å². The SMILES string of the molecule is CC(C)C(Nc1c(-c2nc3ccc(C(=O)N(C)C)cc3[nH]2)c(=O)[nH]c2cn(C)nc12)c1ncccn1. The molecule has 3 N–H and O–H groups in total. The van der Waals surface area contributed by atoms with Crippen LogP contribution in [0.5, 0.6) is 0 Å². The zero-order valence-corrected chi connectivity index (χ0v) is 20.7. The summed E-state index contributed by atoms with van der Waals surface area (Å²) in [6, 6.07) is 6.71. The number of H-pyrrole nitrogens is 2. The van der Waals surface area contributed by atoms with Crippen LogP contribution in [0, 0.1) is 5.92 Å². The summed E-state index contributed by atoms with van der Waals surface area (Å²) < 4.78 is 1.65. The number of aryl methyl sites for hydroxylation is 1. The van der Waals surface area contributed by atoms with Crippen molar-refractivity contribution in [3.8, 4) is 11.4 Å². The highest BCUT2D eigenvalue weighted by Gasteiger charge is 2.26. The molecule has 0 aliphatic heterocycles. The Morgan fingerprint density at radius 1 is 1.11 bits per heavy atom. The molecule has 11 nitrogen and oxygen atoms in total. The van der Waals surface area contributed by atoms with Crippen molar-refractivity contribution in [2.45, 2.75) is 19.9 Å². The van der Waals surface area contributed by atoms with Crippen LogP contribution in [0.1, 0.15) is 36.1 Å². The minimum Gasteiger partial charge on any atom is -0.372 e. The maximum atomic E-state index is 13.4. The van der Waals surface area contributed by atoms with Crippen LogP contribution in [0.4, 0.5) is 5.69 Å². The van der Waals surface area contributed by atoms with E-state index in [1.54, 1.807) is 68.7 Å². The monoisotopic (exact) mass is 485 g/mol. The van der Waals surface area contributed by atoms with Crippen LogP contribution in [0.3, 0.4) is 0 Å². The summed E-state index contributed by atoms with van der Waals surface area (Å²) in [5.74, 6) is 0.964. The van der Waals surface area contributed by atoms with Crippen molar-refractivity contribution in [1.29, 1.82) is 0 Å². The lowest BCUT2D eigenvalue weighted by Crippen LogP contribution is -2.22. The number of hydrogen-bond donors (Lipinski definition) is 3. The van der Waals surface area contributed by atoms with Crippen molar-refractivity contribution < 1.29 is 4.79 Å². The number of carbonyl (C=O) groups excluding carboxylic acids is 1. The van der Waals surface area contributed by atoms with Gasteiger partial charge in [-0.3, -0.25) is 14.3 Å². The summed E-state index contributed by atoms with van der Waals surface area (Å²) in [6.45, 7) is 4.11. The number of hydrogen-bond acceptors (Lipinski definition) is 7. The molecule has 4 aromatic heterocycles. The van der Waals surface area contributed by atoms with Crippen LogP contribution in [-0.4, -0.2) is 59.6 Å². The predicted octanol–water partition coefficient (Wildman–Crippen LogP) is 3.11. The van der Waals surface area contributed by atoms with Crippen LogP contribution in [-0.2, 0) is 7.05 Å². The van der Waals surface area contributed by atoms with E-state index in [1.807, 2.05) is 0 Å². The molecule has 0 aliphatic carbocycles. The summed E-state index contributed by atoms with van der Waals surface area (Å²) in [4.78, 5) is 47.1. The number of imidazole rings is 1. The lowest BCUT2D eigenvalue weighted by molar-refractivity contribution is 0.0827. The fourth-order valence-corrected chi connectivity index (χ4v) is 4.22. The van der Waals surface area contributed by atoms with E-state index in [4.69, 9.17) is 0 Å². The average molecular weight is 486 g/mol. The molecular weight excluding hydrogens is 458 g/mol. The Morgan fingerprint density at radius 2 is 1.86 bits per heavy atom. The zero-order valence-electron chi connectivity index (χ0n) is 20.7. The molecule has 0 aliphatic rings. The number of pyridine rings is 1. The number of nitrogens with one attached hydrogen (secondary N) is 3. The number of nitrogens with zero attached hydrogens (tertiary/aromatic N) is 6. The van der Waals surface area contributed by atoms with Gasteiger partial charge in [0.15, 0.2) is 5.82 Å². The van der Waals surface area contributed by atoms with Gasteiger partial charge in [-0.2, -0.15) is 5.10 Å². The maximum absolute atomic E-state index is 13.4. The maximum Gasteiger partial charge on any atom is 0.261 e. The molecule has 4 heterocycles. The fraction of sp³-hybridized carbons (Fsp3) is 0.280. The van der Waals surface area contributed by atoms with Crippen molar-refractivity contribution in [2.24, 2.45) is 13.0 Å². The summed E-state index contributed by atoms with van der Waals surface area (Å²) in [5, 5.41) is 8.11. The Labute approximate surface area is 206 Å². The van der Waals surface area contributed by atoms with Gasteiger partial charge in [-0.05, 0) is 30.2 Å². The Balaban J connectivity index is 1.70. The molecule has 0 spiro atoms. The molecule has 0 radical (unpaired) electrons. The average Bonchev–Trinajstić information content (AvgIpc) is 3.43. The number of amides is 1. The predicted molar refractivity (Wildman–Crippen MR) is 138 cm³/mol. The van der Waals surface area contributed by atoms with Gasteiger partial charge in [0, 0.05) is 45.3 Å². The van der Waals surface area contributed by atoms with Gasteiger partial charge < -0.3 is 20.2 Å². The molecule has 0 bridgehead atoms. The van der Waals surface area contributed by atoms with E-state index in [0.717, 1.165) is 0 Å². The second-order valence-corrected chi connectivity index (χ2v) is 9.26. The second-order valence-electron chi connectivity index (χ2n) is 9.26. The van der Waals surface area contributed by atoms with E-state index >= 15 is 0 Å². The van der Waals surface area contributed by atoms with Gasteiger partial charge in [0.05, 0.1) is 28.3 Å². The van der Waals surface area contributed by atoms with E-state index in [0.29, 0.717) is 50.5 Å². The summed E-state index contributed by atoms with van der Waals surface area (Å²) in [6.07, 6.45) is 5.15. The van der Waals surface area contributed by atoms with Crippen LogP contribution in [0.25, 0.3) is 33.5 Å².